The molecule has 0 amide bonds. The number of ether oxygens (including phenoxy) is 1. The summed E-state index contributed by atoms with van der Waals surface area (Å²) in [6, 6.07) is 11.5. The molecule has 0 aliphatic heterocycles. The molecule has 2 N–H and O–H groups in total. The second kappa shape index (κ2) is 5.32. The summed E-state index contributed by atoms with van der Waals surface area (Å²) in [5, 5.41) is 0.718. The fourth-order valence-corrected chi connectivity index (χ4v) is 1.96. The standard InChI is InChI=1S/C15H16ClNO/c1-10-7-11(2)15(8-14(10)17)18-9-12-5-3-4-6-13(12)16/h3-8H,9,17H2,1-2H3. The smallest absolute Gasteiger partial charge is 0.124 e. The SMILES string of the molecule is Cc1cc(C)c(OCc2ccccc2Cl)cc1N. The second-order valence-corrected chi connectivity index (χ2v) is 4.76. The van der Waals surface area contributed by atoms with Gasteiger partial charge < -0.3 is 10.5 Å². The Hall–Kier alpha value is -1.67. The Bertz CT molecular complexity index is 566. The molecule has 18 heavy (non-hydrogen) atoms. The summed E-state index contributed by atoms with van der Waals surface area (Å²) in [5.41, 5.74) is 9.74. The lowest BCUT2D eigenvalue weighted by Gasteiger charge is -2.12. The minimum absolute atomic E-state index is 0.447. The molecule has 0 saturated heterocycles. The number of aryl methyl sites for hydroxylation is 2. The van der Waals surface area contributed by atoms with Gasteiger partial charge in [0.25, 0.3) is 0 Å². The summed E-state index contributed by atoms with van der Waals surface area (Å²) >= 11 is 6.08. The molecule has 0 heterocycles. The van der Waals surface area contributed by atoms with Crippen molar-refractivity contribution in [1.82, 2.24) is 0 Å². The van der Waals surface area contributed by atoms with Crippen molar-refractivity contribution in [2.45, 2.75) is 20.5 Å². The maximum atomic E-state index is 6.08. The fourth-order valence-electron chi connectivity index (χ4n) is 1.77. The van der Waals surface area contributed by atoms with Gasteiger partial charge in [-0.05, 0) is 31.0 Å². The van der Waals surface area contributed by atoms with E-state index in [1.165, 1.54) is 0 Å². The van der Waals surface area contributed by atoms with Crippen molar-refractivity contribution >= 4 is 17.3 Å². The van der Waals surface area contributed by atoms with Gasteiger partial charge in [0.05, 0.1) is 0 Å². The van der Waals surface area contributed by atoms with Crippen LogP contribution < -0.4 is 10.5 Å². The van der Waals surface area contributed by atoms with E-state index in [0.717, 1.165) is 33.1 Å². The van der Waals surface area contributed by atoms with Crippen molar-refractivity contribution in [2.24, 2.45) is 0 Å². The summed E-state index contributed by atoms with van der Waals surface area (Å²) in [6.07, 6.45) is 0. The van der Waals surface area contributed by atoms with Gasteiger partial charge in [0.2, 0.25) is 0 Å². The molecular formula is C15H16ClNO. The number of halogens is 1. The first-order valence-corrected chi connectivity index (χ1v) is 6.18. The quantitative estimate of drug-likeness (QED) is 0.844. The topological polar surface area (TPSA) is 35.2 Å². The molecule has 2 nitrogen and oxygen atoms in total. The average molecular weight is 262 g/mol. The summed E-state index contributed by atoms with van der Waals surface area (Å²) < 4.78 is 5.78. The summed E-state index contributed by atoms with van der Waals surface area (Å²) in [4.78, 5) is 0. The predicted octanol–water partition coefficient (Wildman–Crippen LogP) is 4.12. The molecular weight excluding hydrogens is 246 g/mol. The molecule has 2 aromatic carbocycles. The van der Waals surface area contributed by atoms with Gasteiger partial charge in [-0.1, -0.05) is 35.9 Å². The minimum Gasteiger partial charge on any atom is -0.489 e. The highest BCUT2D eigenvalue weighted by atomic mass is 35.5. The van der Waals surface area contributed by atoms with Gasteiger partial charge in [-0.15, -0.1) is 0 Å². The Balaban J connectivity index is 2.16. The number of anilines is 1. The summed E-state index contributed by atoms with van der Waals surface area (Å²) in [7, 11) is 0. The van der Waals surface area contributed by atoms with Crippen LogP contribution in [0.5, 0.6) is 5.75 Å². The summed E-state index contributed by atoms with van der Waals surface area (Å²) in [5.74, 6) is 0.804. The number of rotatable bonds is 3. The van der Waals surface area contributed by atoms with Crippen LogP contribution in [0.25, 0.3) is 0 Å². The molecule has 0 radical (unpaired) electrons. The van der Waals surface area contributed by atoms with Gasteiger partial charge >= 0.3 is 0 Å². The zero-order chi connectivity index (χ0) is 13.1. The molecule has 2 rings (SSSR count). The molecule has 0 bridgehead atoms. The van der Waals surface area contributed by atoms with Crippen LogP contribution in [-0.2, 0) is 6.61 Å². The maximum Gasteiger partial charge on any atom is 0.124 e. The monoisotopic (exact) mass is 261 g/mol. The molecule has 0 aromatic heterocycles. The van der Waals surface area contributed by atoms with Crippen LogP contribution in [0.4, 0.5) is 5.69 Å². The van der Waals surface area contributed by atoms with E-state index in [2.05, 4.69) is 0 Å². The first kappa shape index (κ1) is 12.8. The van der Waals surface area contributed by atoms with Crippen molar-refractivity contribution in [3.63, 3.8) is 0 Å². The minimum atomic E-state index is 0.447. The highest BCUT2D eigenvalue weighted by Crippen LogP contribution is 2.26. The largest absolute Gasteiger partial charge is 0.489 e. The van der Waals surface area contributed by atoms with Gasteiger partial charge in [0.15, 0.2) is 0 Å². The molecule has 0 saturated carbocycles. The lowest BCUT2D eigenvalue weighted by atomic mass is 10.1. The Morgan fingerprint density at radius 2 is 1.83 bits per heavy atom. The first-order valence-electron chi connectivity index (χ1n) is 5.81. The van der Waals surface area contributed by atoms with E-state index in [4.69, 9.17) is 22.1 Å². The van der Waals surface area contributed by atoms with Crippen LogP contribution in [-0.4, -0.2) is 0 Å². The lowest BCUT2D eigenvalue weighted by molar-refractivity contribution is 0.304. The van der Waals surface area contributed by atoms with Gasteiger partial charge in [-0.2, -0.15) is 0 Å². The van der Waals surface area contributed by atoms with E-state index in [0.29, 0.717) is 6.61 Å². The first-order chi connectivity index (χ1) is 8.58. The van der Waals surface area contributed by atoms with Crippen molar-refractivity contribution in [3.8, 4) is 5.75 Å². The molecule has 94 valence electrons. The van der Waals surface area contributed by atoms with Crippen LogP contribution in [0.3, 0.4) is 0 Å². The van der Waals surface area contributed by atoms with Crippen molar-refractivity contribution in [2.75, 3.05) is 5.73 Å². The third kappa shape index (κ3) is 2.77. The molecule has 0 aliphatic carbocycles. The van der Waals surface area contributed by atoms with Gasteiger partial charge in [0.1, 0.15) is 12.4 Å². The number of benzene rings is 2. The Morgan fingerprint density at radius 3 is 2.56 bits per heavy atom. The van der Waals surface area contributed by atoms with Crippen molar-refractivity contribution in [3.05, 3.63) is 58.1 Å². The molecule has 0 unspecified atom stereocenters. The molecule has 0 atom stereocenters. The third-order valence-electron chi connectivity index (χ3n) is 2.90. The number of hydrogen-bond donors (Lipinski definition) is 1. The zero-order valence-electron chi connectivity index (χ0n) is 10.5. The Morgan fingerprint density at radius 1 is 1.11 bits per heavy atom. The highest BCUT2D eigenvalue weighted by molar-refractivity contribution is 6.31. The normalized spacial score (nSPS) is 10.4. The number of hydrogen-bond acceptors (Lipinski definition) is 2. The van der Waals surface area contributed by atoms with Crippen LogP contribution in [0.15, 0.2) is 36.4 Å². The van der Waals surface area contributed by atoms with E-state index in [1.807, 2.05) is 50.2 Å². The van der Waals surface area contributed by atoms with Crippen LogP contribution >= 0.6 is 11.6 Å². The third-order valence-corrected chi connectivity index (χ3v) is 3.27. The lowest BCUT2D eigenvalue weighted by Crippen LogP contribution is -2.00. The fraction of sp³-hybridized carbons (Fsp3) is 0.200. The van der Waals surface area contributed by atoms with E-state index in [-0.39, 0.29) is 0 Å². The van der Waals surface area contributed by atoms with Crippen molar-refractivity contribution in [1.29, 1.82) is 0 Å². The predicted molar refractivity (Wildman–Crippen MR) is 76.1 cm³/mol. The van der Waals surface area contributed by atoms with E-state index in [9.17, 15) is 0 Å². The van der Waals surface area contributed by atoms with Gasteiger partial charge in [-0.3, -0.25) is 0 Å². The second-order valence-electron chi connectivity index (χ2n) is 4.35. The van der Waals surface area contributed by atoms with E-state index >= 15 is 0 Å². The van der Waals surface area contributed by atoms with Crippen LogP contribution in [0, 0.1) is 13.8 Å². The average Bonchev–Trinajstić information content (AvgIpc) is 2.34. The van der Waals surface area contributed by atoms with Crippen molar-refractivity contribution < 1.29 is 4.74 Å². The van der Waals surface area contributed by atoms with E-state index < -0.39 is 0 Å². The number of nitrogen functional groups attached to an aromatic ring is 1. The molecule has 3 heteroatoms. The maximum absolute atomic E-state index is 6.08. The highest BCUT2D eigenvalue weighted by Gasteiger charge is 2.05. The summed E-state index contributed by atoms with van der Waals surface area (Å²) in [6.45, 7) is 4.44. The molecule has 0 spiro atoms. The van der Waals surface area contributed by atoms with Gasteiger partial charge in [0, 0.05) is 22.3 Å². The van der Waals surface area contributed by atoms with E-state index in [1.54, 1.807) is 0 Å². The Labute approximate surface area is 112 Å². The van der Waals surface area contributed by atoms with Crippen LogP contribution in [0.2, 0.25) is 5.02 Å². The Kier molecular flexibility index (Phi) is 3.78. The zero-order valence-corrected chi connectivity index (χ0v) is 11.3. The van der Waals surface area contributed by atoms with Gasteiger partial charge in [-0.25, -0.2) is 0 Å². The number of nitrogens with two attached hydrogens (primary N) is 1. The molecule has 2 aromatic rings. The molecule has 0 aliphatic rings. The van der Waals surface area contributed by atoms with Crippen LogP contribution in [0.1, 0.15) is 16.7 Å². The molecule has 0 fully saturated rings.